The van der Waals surface area contributed by atoms with Crippen molar-refractivity contribution < 1.29 is 14.3 Å². The van der Waals surface area contributed by atoms with Gasteiger partial charge < -0.3 is 16.6 Å². The number of hydrogen-bond acceptors (Lipinski definition) is 3. The molecule has 0 unspecified atom stereocenters. The predicted molar refractivity (Wildman–Crippen MR) is 59.1 cm³/mol. The van der Waals surface area contributed by atoms with Gasteiger partial charge in [-0.25, -0.2) is 9.18 Å². The molecule has 5 heteroatoms. The van der Waals surface area contributed by atoms with Gasteiger partial charge in [-0.15, -0.1) is 0 Å². The van der Waals surface area contributed by atoms with Crippen LogP contribution in [0.5, 0.6) is 0 Å². The molecule has 0 bridgehead atoms. The maximum absolute atomic E-state index is 13.5. The largest absolute Gasteiger partial charge is 0.478 e. The number of aliphatic carboxylic acids is 1. The Morgan fingerprint density at radius 2 is 2.25 bits per heavy atom. The number of rotatable bonds is 4. The molecule has 0 aliphatic carbocycles. The second-order valence-corrected chi connectivity index (χ2v) is 3.29. The third-order valence-electron chi connectivity index (χ3n) is 2.11. The van der Waals surface area contributed by atoms with E-state index in [1.807, 2.05) is 0 Å². The summed E-state index contributed by atoms with van der Waals surface area (Å²) in [6.07, 6.45) is 2.07. The number of carboxylic acids is 1. The van der Waals surface area contributed by atoms with E-state index in [9.17, 15) is 9.18 Å². The van der Waals surface area contributed by atoms with Crippen LogP contribution in [0.2, 0.25) is 0 Å². The average molecular weight is 224 g/mol. The number of hydrogen-bond donors (Lipinski definition) is 3. The van der Waals surface area contributed by atoms with Crippen LogP contribution in [0, 0.1) is 5.82 Å². The van der Waals surface area contributed by atoms with Crippen LogP contribution in [-0.2, 0) is 4.79 Å². The zero-order valence-electron chi connectivity index (χ0n) is 8.56. The highest BCUT2D eigenvalue weighted by Crippen LogP contribution is 2.16. The van der Waals surface area contributed by atoms with Gasteiger partial charge in [0.25, 0.3) is 0 Å². The summed E-state index contributed by atoms with van der Waals surface area (Å²) in [6, 6.07) is 3.95. The Kier molecular flexibility index (Phi) is 4.16. The molecule has 86 valence electrons. The minimum absolute atomic E-state index is 0.204. The Morgan fingerprint density at radius 1 is 1.56 bits per heavy atom. The lowest BCUT2D eigenvalue weighted by molar-refractivity contribution is -0.131. The summed E-state index contributed by atoms with van der Waals surface area (Å²) in [5.74, 6) is -1.64. The van der Waals surface area contributed by atoms with E-state index in [0.29, 0.717) is 5.56 Å². The van der Waals surface area contributed by atoms with Crippen LogP contribution < -0.4 is 11.5 Å². The molecule has 0 saturated heterocycles. The molecule has 1 aromatic rings. The third kappa shape index (κ3) is 3.15. The highest BCUT2D eigenvalue weighted by Gasteiger charge is 2.06. The van der Waals surface area contributed by atoms with Crippen molar-refractivity contribution in [1.82, 2.24) is 0 Å². The molecule has 1 atom stereocenters. The topological polar surface area (TPSA) is 89.3 Å². The van der Waals surface area contributed by atoms with E-state index in [4.69, 9.17) is 16.6 Å². The first-order chi connectivity index (χ1) is 7.54. The molecule has 0 aliphatic heterocycles. The molecule has 0 aliphatic rings. The lowest BCUT2D eigenvalue weighted by Crippen LogP contribution is -2.20. The fourth-order valence-corrected chi connectivity index (χ4v) is 1.21. The molecule has 1 aromatic carbocycles. The molecule has 0 amide bonds. The number of halogens is 1. The van der Waals surface area contributed by atoms with E-state index >= 15 is 0 Å². The quantitative estimate of drug-likeness (QED) is 0.662. The number of nitrogens with two attached hydrogens (primary N) is 2. The van der Waals surface area contributed by atoms with Gasteiger partial charge in [-0.05, 0) is 17.7 Å². The molecule has 0 fully saturated rings. The van der Waals surface area contributed by atoms with E-state index in [-0.39, 0.29) is 12.1 Å². The van der Waals surface area contributed by atoms with Crippen LogP contribution in [0.1, 0.15) is 17.2 Å². The van der Waals surface area contributed by atoms with Crippen molar-refractivity contribution in [2.75, 3.05) is 6.54 Å². The zero-order chi connectivity index (χ0) is 12.1. The number of benzene rings is 1. The van der Waals surface area contributed by atoms with E-state index < -0.39 is 17.8 Å². The standard InChI is InChI=1S/C11H13FN2O2/c12-9-5-8(10(14)6-13)2-1-7(9)3-4-11(15)16/h1-5,10H,6,13-14H2,(H,15,16)/b4-3+/t10-/m1/s1. The summed E-state index contributed by atoms with van der Waals surface area (Å²) in [5, 5.41) is 8.40. The highest BCUT2D eigenvalue weighted by atomic mass is 19.1. The summed E-state index contributed by atoms with van der Waals surface area (Å²) >= 11 is 0. The van der Waals surface area contributed by atoms with Gasteiger partial charge in [0.2, 0.25) is 0 Å². The van der Waals surface area contributed by atoms with E-state index in [1.165, 1.54) is 18.2 Å². The Bertz CT molecular complexity index is 418. The van der Waals surface area contributed by atoms with Crippen molar-refractivity contribution >= 4 is 12.0 Å². The van der Waals surface area contributed by atoms with Crippen LogP contribution in [0.15, 0.2) is 24.3 Å². The van der Waals surface area contributed by atoms with Crippen LogP contribution >= 0.6 is 0 Å². The van der Waals surface area contributed by atoms with Crippen molar-refractivity contribution in [2.45, 2.75) is 6.04 Å². The van der Waals surface area contributed by atoms with Crippen molar-refractivity contribution in [3.8, 4) is 0 Å². The minimum atomic E-state index is -1.12. The Balaban J connectivity index is 2.96. The minimum Gasteiger partial charge on any atom is -0.478 e. The molecule has 1 rings (SSSR count). The van der Waals surface area contributed by atoms with Crippen LogP contribution in [0.3, 0.4) is 0 Å². The Labute approximate surface area is 92.4 Å². The number of carbonyl (C=O) groups is 1. The first-order valence-electron chi connectivity index (χ1n) is 4.70. The smallest absolute Gasteiger partial charge is 0.328 e. The molecule has 0 radical (unpaired) electrons. The van der Waals surface area contributed by atoms with Crippen LogP contribution in [-0.4, -0.2) is 17.6 Å². The summed E-state index contributed by atoms with van der Waals surface area (Å²) in [7, 11) is 0. The zero-order valence-corrected chi connectivity index (χ0v) is 8.56. The van der Waals surface area contributed by atoms with Gasteiger partial charge in [-0.3, -0.25) is 0 Å². The predicted octanol–water partition coefficient (Wildman–Crippen LogP) is 0.882. The van der Waals surface area contributed by atoms with Crippen molar-refractivity contribution in [2.24, 2.45) is 11.5 Å². The summed E-state index contributed by atoms with van der Waals surface area (Å²) < 4.78 is 13.5. The molecule has 0 spiro atoms. The molecule has 0 aromatic heterocycles. The van der Waals surface area contributed by atoms with Crippen LogP contribution in [0.25, 0.3) is 6.08 Å². The summed E-state index contributed by atoms with van der Waals surface area (Å²) in [6.45, 7) is 0.226. The van der Waals surface area contributed by atoms with Gasteiger partial charge in [-0.2, -0.15) is 0 Å². The van der Waals surface area contributed by atoms with Gasteiger partial charge in [0.05, 0.1) is 0 Å². The summed E-state index contributed by atoms with van der Waals surface area (Å²) in [5.41, 5.74) is 11.8. The summed E-state index contributed by atoms with van der Waals surface area (Å²) in [4.78, 5) is 10.3. The lowest BCUT2D eigenvalue weighted by atomic mass is 10.0. The van der Waals surface area contributed by atoms with Crippen molar-refractivity contribution in [3.63, 3.8) is 0 Å². The maximum Gasteiger partial charge on any atom is 0.328 e. The molecule has 16 heavy (non-hydrogen) atoms. The van der Waals surface area contributed by atoms with Gasteiger partial charge >= 0.3 is 5.97 Å². The van der Waals surface area contributed by atoms with E-state index in [1.54, 1.807) is 6.07 Å². The fourth-order valence-electron chi connectivity index (χ4n) is 1.21. The SMILES string of the molecule is NC[C@@H](N)c1ccc(/C=C/C(=O)O)c(F)c1. The Morgan fingerprint density at radius 3 is 2.75 bits per heavy atom. The first kappa shape index (κ1) is 12.4. The average Bonchev–Trinajstić information content (AvgIpc) is 2.26. The first-order valence-corrected chi connectivity index (χ1v) is 4.70. The molecular formula is C11H13FN2O2. The van der Waals surface area contributed by atoms with Crippen molar-refractivity contribution in [1.29, 1.82) is 0 Å². The monoisotopic (exact) mass is 224 g/mol. The molecule has 5 N–H and O–H groups in total. The van der Waals surface area contributed by atoms with Crippen molar-refractivity contribution in [3.05, 3.63) is 41.2 Å². The van der Waals surface area contributed by atoms with Gasteiger partial charge in [0, 0.05) is 24.2 Å². The maximum atomic E-state index is 13.5. The number of carboxylic acid groups (broad SMARTS) is 1. The second kappa shape index (κ2) is 5.39. The van der Waals surface area contributed by atoms with Gasteiger partial charge in [0.1, 0.15) is 5.82 Å². The molecule has 0 saturated carbocycles. The normalized spacial score (nSPS) is 12.9. The molecule has 0 heterocycles. The second-order valence-electron chi connectivity index (χ2n) is 3.29. The Hall–Kier alpha value is -1.72. The van der Waals surface area contributed by atoms with E-state index in [2.05, 4.69) is 0 Å². The molecular weight excluding hydrogens is 211 g/mol. The van der Waals surface area contributed by atoms with Gasteiger partial charge in [-0.1, -0.05) is 12.1 Å². The highest BCUT2D eigenvalue weighted by molar-refractivity contribution is 5.85. The fraction of sp³-hybridized carbons (Fsp3) is 0.182. The van der Waals surface area contributed by atoms with Gasteiger partial charge in [0.15, 0.2) is 0 Å². The lowest BCUT2D eigenvalue weighted by Gasteiger charge is -2.09. The van der Waals surface area contributed by atoms with Crippen LogP contribution in [0.4, 0.5) is 4.39 Å². The third-order valence-corrected chi connectivity index (χ3v) is 2.11. The van der Waals surface area contributed by atoms with E-state index in [0.717, 1.165) is 6.08 Å². The molecule has 4 nitrogen and oxygen atoms in total.